The summed E-state index contributed by atoms with van der Waals surface area (Å²) in [7, 11) is 3.36. The second kappa shape index (κ2) is 9.40. The third-order valence-corrected chi connectivity index (χ3v) is 4.13. The van der Waals surface area contributed by atoms with Gasteiger partial charge in [0, 0.05) is 35.8 Å². The quantitative estimate of drug-likeness (QED) is 0.268. The molecular weight excluding hydrogens is 354 g/mol. The zero-order valence-electron chi connectivity index (χ0n) is 16.7. The van der Waals surface area contributed by atoms with Gasteiger partial charge in [0.25, 0.3) is 5.52 Å². The Morgan fingerprint density at radius 1 is 1.36 bits per heavy atom. The smallest absolute Gasteiger partial charge is 0.283 e. The maximum Gasteiger partial charge on any atom is 0.283 e. The van der Waals surface area contributed by atoms with E-state index in [4.69, 9.17) is 21.7 Å². The molecule has 0 spiro atoms. The lowest BCUT2D eigenvalue weighted by Crippen LogP contribution is -2.41. The topological polar surface area (TPSA) is 126 Å². The summed E-state index contributed by atoms with van der Waals surface area (Å²) in [6.45, 7) is 4.09. The predicted molar refractivity (Wildman–Crippen MR) is 113 cm³/mol. The van der Waals surface area contributed by atoms with Crippen molar-refractivity contribution < 1.29 is 9.57 Å². The van der Waals surface area contributed by atoms with Crippen LogP contribution in [0.1, 0.15) is 19.4 Å². The number of allylic oxidation sites excluding steroid dienone is 3. The van der Waals surface area contributed by atoms with Crippen molar-refractivity contribution in [2.75, 3.05) is 19.5 Å². The lowest BCUT2D eigenvalue weighted by atomic mass is 10.0. The highest BCUT2D eigenvalue weighted by atomic mass is 16.6. The Balaban J connectivity index is 2.47. The van der Waals surface area contributed by atoms with E-state index in [-0.39, 0.29) is 5.92 Å². The van der Waals surface area contributed by atoms with E-state index in [1.165, 1.54) is 6.21 Å². The molecule has 2 heterocycles. The van der Waals surface area contributed by atoms with Crippen molar-refractivity contribution in [1.82, 2.24) is 10.3 Å². The van der Waals surface area contributed by atoms with Crippen LogP contribution >= 0.6 is 0 Å². The summed E-state index contributed by atoms with van der Waals surface area (Å²) < 4.78 is 1.61. The molecule has 0 fully saturated rings. The fraction of sp³-hybridized carbons (Fsp3) is 0.250. The second-order valence-corrected chi connectivity index (χ2v) is 6.42. The van der Waals surface area contributed by atoms with Gasteiger partial charge in [-0.3, -0.25) is 4.84 Å². The average Bonchev–Trinajstić information content (AvgIpc) is 2.68. The summed E-state index contributed by atoms with van der Waals surface area (Å²) in [5, 5.41) is 13.7. The van der Waals surface area contributed by atoms with Crippen molar-refractivity contribution in [1.29, 1.82) is 5.41 Å². The molecule has 2 aromatic rings. The van der Waals surface area contributed by atoms with Crippen LogP contribution in [0.15, 0.2) is 54.3 Å². The molecule has 0 saturated carbocycles. The van der Waals surface area contributed by atoms with Crippen molar-refractivity contribution in [3.05, 3.63) is 59.8 Å². The first-order valence-electron chi connectivity index (χ1n) is 8.88. The molecule has 0 saturated heterocycles. The average molecular weight is 382 g/mol. The number of nitrogens with two attached hydrogens (primary N) is 2. The van der Waals surface area contributed by atoms with Crippen LogP contribution in [-0.4, -0.2) is 25.4 Å². The molecule has 2 rings (SSSR count). The van der Waals surface area contributed by atoms with Gasteiger partial charge < -0.3 is 27.5 Å². The summed E-state index contributed by atoms with van der Waals surface area (Å²) in [5.74, 6) is 1.30. The second-order valence-electron chi connectivity index (χ2n) is 6.42. The molecule has 0 radical (unpaired) electrons. The van der Waals surface area contributed by atoms with Crippen molar-refractivity contribution in [2.24, 2.45) is 17.4 Å². The third-order valence-electron chi connectivity index (χ3n) is 4.13. The molecule has 7 N–H and O–H groups in total. The van der Waals surface area contributed by atoms with E-state index in [0.717, 1.165) is 16.7 Å². The molecule has 0 aliphatic rings. The number of anilines is 1. The first kappa shape index (κ1) is 20.8. The highest BCUT2D eigenvalue weighted by molar-refractivity contribution is 6.08. The summed E-state index contributed by atoms with van der Waals surface area (Å²) in [4.78, 5) is 10.1. The zero-order valence-corrected chi connectivity index (χ0v) is 16.7. The van der Waals surface area contributed by atoms with Gasteiger partial charge in [-0.1, -0.05) is 13.8 Å². The van der Waals surface area contributed by atoms with E-state index >= 15 is 0 Å². The fourth-order valence-electron chi connectivity index (χ4n) is 2.65. The van der Waals surface area contributed by atoms with Crippen LogP contribution < -0.4 is 31.7 Å². The van der Waals surface area contributed by atoms with Gasteiger partial charge in [-0.05, 0) is 35.9 Å². The minimum absolute atomic E-state index is 0.261. The van der Waals surface area contributed by atoms with Gasteiger partial charge in [-0.15, -0.1) is 0 Å². The van der Waals surface area contributed by atoms with Gasteiger partial charge in [-0.25, -0.2) is 4.98 Å². The summed E-state index contributed by atoms with van der Waals surface area (Å²) in [6.07, 6.45) is 8.16. The van der Waals surface area contributed by atoms with E-state index in [0.29, 0.717) is 22.7 Å². The van der Waals surface area contributed by atoms with Crippen LogP contribution in [0.5, 0.6) is 0 Å². The molecule has 0 atom stereocenters. The molecule has 8 heteroatoms. The van der Waals surface area contributed by atoms with Gasteiger partial charge in [0.2, 0.25) is 6.20 Å². The number of rotatable bonds is 8. The van der Waals surface area contributed by atoms with Gasteiger partial charge in [0.1, 0.15) is 24.3 Å². The highest BCUT2D eigenvalue weighted by Crippen LogP contribution is 2.18. The number of fused-ring (bicyclic) bond motifs is 1. The van der Waals surface area contributed by atoms with Gasteiger partial charge in [-0.2, -0.15) is 0 Å². The van der Waals surface area contributed by atoms with Crippen LogP contribution in [0.3, 0.4) is 0 Å². The summed E-state index contributed by atoms with van der Waals surface area (Å²) in [6, 6.07) is 5.60. The number of nitrogens with zero attached hydrogens (tertiary/aromatic N) is 2. The molecule has 28 heavy (non-hydrogen) atoms. The number of hydrogen-bond donors (Lipinski definition) is 5. The van der Waals surface area contributed by atoms with Crippen molar-refractivity contribution >= 4 is 28.6 Å². The molecule has 0 unspecified atom stereocenters. The van der Waals surface area contributed by atoms with Gasteiger partial charge in [0.15, 0.2) is 0 Å². The molecular formula is C20H28N7O+. The van der Waals surface area contributed by atoms with Crippen LogP contribution in [0.4, 0.5) is 5.82 Å². The molecule has 2 aromatic heterocycles. The number of pyridine rings is 2. The van der Waals surface area contributed by atoms with Crippen LogP contribution in [0, 0.1) is 11.3 Å². The van der Waals surface area contributed by atoms with E-state index in [1.54, 1.807) is 43.6 Å². The number of nitrogens with one attached hydrogen (secondary N) is 3. The lowest BCUT2D eigenvalue weighted by molar-refractivity contribution is -0.865. The van der Waals surface area contributed by atoms with Crippen molar-refractivity contribution in [3.63, 3.8) is 0 Å². The summed E-state index contributed by atoms with van der Waals surface area (Å²) in [5.41, 5.74) is 15.7. The lowest BCUT2D eigenvalue weighted by Gasteiger charge is -2.10. The SMILES string of the molecule is CN/C=C(\C=N)c1cc2nc(N/C(N)=C/C(=C\N)C(C)C)ccc2[n+](OC)c1. The van der Waals surface area contributed by atoms with Gasteiger partial charge >= 0.3 is 0 Å². The predicted octanol–water partition coefficient (Wildman–Crippen LogP) is 1.50. The van der Waals surface area contributed by atoms with E-state index in [9.17, 15) is 0 Å². The first-order chi connectivity index (χ1) is 13.4. The maximum absolute atomic E-state index is 7.63. The largest absolute Gasteiger partial charge is 0.404 e. The molecule has 0 aliphatic heterocycles. The molecule has 0 aliphatic carbocycles. The van der Waals surface area contributed by atoms with Crippen LogP contribution in [-0.2, 0) is 0 Å². The maximum atomic E-state index is 7.63. The minimum atomic E-state index is 0.261. The van der Waals surface area contributed by atoms with Crippen LogP contribution in [0.25, 0.3) is 16.6 Å². The Labute approximate surface area is 165 Å². The Kier molecular flexibility index (Phi) is 6.97. The molecule has 8 nitrogen and oxygen atoms in total. The Hall–Kier alpha value is -3.55. The molecule has 0 aromatic carbocycles. The number of aromatic nitrogens is 2. The highest BCUT2D eigenvalue weighted by Gasteiger charge is 2.16. The Morgan fingerprint density at radius 2 is 2.11 bits per heavy atom. The summed E-state index contributed by atoms with van der Waals surface area (Å²) >= 11 is 0. The van der Waals surface area contributed by atoms with E-state index in [1.807, 2.05) is 32.0 Å². The van der Waals surface area contributed by atoms with Crippen molar-refractivity contribution in [3.8, 4) is 0 Å². The van der Waals surface area contributed by atoms with Crippen LogP contribution in [0.2, 0.25) is 0 Å². The first-order valence-corrected chi connectivity index (χ1v) is 8.88. The normalized spacial score (nSPS) is 13.0. The molecule has 0 amide bonds. The Morgan fingerprint density at radius 3 is 2.68 bits per heavy atom. The van der Waals surface area contributed by atoms with E-state index < -0.39 is 0 Å². The number of hydrogen-bond acceptors (Lipinski definition) is 7. The fourth-order valence-corrected chi connectivity index (χ4v) is 2.65. The monoisotopic (exact) mass is 382 g/mol. The van der Waals surface area contributed by atoms with Crippen molar-refractivity contribution in [2.45, 2.75) is 13.8 Å². The molecule has 148 valence electrons. The zero-order chi connectivity index (χ0) is 20.7. The van der Waals surface area contributed by atoms with Gasteiger partial charge in [0.05, 0.1) is 5.56 Å². The minimum Gasteiger partial charge on any atom is -0.404 e. The van der Waals surface area contributed by atoms with E-state index in [2.05, 4.69) is 15.6 Å². The molecule has 0 bridgehead atoms. The Bertz CT molecular complexity index is 945. The third kappa shape index (κ3) is 4.79. The standard InChI is InChI=1S/C20H27N7O/c1-13(2)14(9-21)8-19(23)26-20-6-5-18-17(25-20)7-15(12-27(18)28-4)16(10-22)11-24-3/h5-13,21,25H,1-4H3,(H4,22,23,24,26)/p+1.